The fraction of sp³-hybridized carbons (Fsp3) is 0.316. The van der Waals surface area contributed by atoms with Crippen molar-refractivity contribution in [1.29, 1.82) is 0 Å². The van der Waals surface area contributed by atoms with Gasteiger partial charge in [0.15, 0.2) is 0 Å². The Hall–Kier alpha value is -1.87. The van der Waals surface area contributed by atoms with Crippen LogP contribution in [0.1, 0.15) is 42.1 Å². The second-order valence-electron chi connectivity index (χ2n) is 5.55. The fourth-order valence-corrected chi connectivity index (χ4v) is 2.87. The number of nitrogens with one attached hydrogen (secondary N) is 1. The lowest BCUT2D eigenvalue weighted by Gasteiger charge is -2.13. The van der Waals surface area contributed by atoms with Crippen molar-refractivity contribution in [3.63, 3.8) is 0 Å². The minimum absolute atomic E-state index is 0.825. The smallest absolute Gasteiger partial charge is 0.0798 e. The van der Waals surface area contributed by atoms with Crippen molar-refractivity contribution in [1.82, 2.24) is 10.3 Å². The minimum atomic E-state index is 0.825. The number of allylic oxidation sites excluding steroid dienone is 1. The molecular weight excluding hydrogens is 288 g/mol. The predicted molar refractivity (Wildman–Crippen MR) is 98.0 cm³/mol. The summed E-state index contributed by atoms with van der Waals surface area (Å²) in [7, 11) is 0. The summed E-state index contributed by atoms with van der Waals surface area (Å²) in [6.07, 6.45) is 3.18. The molecule has 1 N–H and O–H groups in total. The van der Waals surface area contributed by atoms with Gasteiger partial charge in [0.05, 0.1) is 11.2 Å². The van der Waals surface area contributed by atoms with Gasteiger partial charge in [0, 0.05) is 17.6 Å². The number of aromatic nitrogens is 1. The maximum Gasteiger partial charge on any atom is 0.0798 e. The van der Waals surface area contributed by atoms with Gasteiger partial charge in [-0.2, -0.15) is 0 Å². The average molecular weight is 312 g/mol. The molecule has 2 aromatic rings. The van der Waals surface area contributed by atoms with Crippen molar-refractivity contribution < 1.29 is 0 Å². The molecule has 0 atom stereocenters. The van der Waals surface area contributed by atoms with Crippen LogP contribution in [-0.4, -0.2) is 11.5 Å². The Morgan fingerprint density at radius 1 is 1.32 bits per heavy atom. The summed E-state index contributed by atoms with van der Waals surface area (Å²) in [5, 5.41) is 5.45. The molecule has 0 aliphatic rings. The summed E-state index contributed by atoms with van der Waals surface area (Å²) in [5.41, 5.74) is 8.62. The van der Waals surface area contributed by atoms with Crippen molar-refractivity contribution in [3.8, 4) is 0 Å². The van der Waals surface area contributed by atoms with E-state index in [4.69, 9.17) is 0 Å². The summed E-state index contributed by atoms with van der Waals surface area (Å²) < 4.78 is 0. The van der Waals surface area contributed by atoms with E-state index < -0.39 is 0 Å². The van der Waals surface area contributed by atoms with E-state index in [-0.39, 0.29) is 0 Å². The molecule has 0 fully saturated rings. The van der Waals surface area contributed by atoms with Gasteiger partial charge >= 0.3 is 0 Å². The highest BCUT2D eigenvalue weighted by molar-refractivity contribution is 7.07. The van der Waals surface area contributed by atoms with E-state index in [0.29, 0.717) is 0 Å². The average Bonchev–Trinajstić information content (AvgIpc) is 3.04. The number of aryl methyl sites for hydroxylation is 1. The molecule has 0 amide bonds. The van der Waals surface area contributed by atoms with Crippen LogP contribution in [0.5, 0.6) is 0 Å². The van der Waals surface area contributed by atoms with Crippen molar-refractivity contribution in [2.75, 3.05) is 6.54 Å². The lowest BCUT2D eigenvalue weighted by molar-refractivity contribution is 0.745. The van der Waals surface area contributed by atoms with Crippen molar-refractivity contribution >= 4 is 22.6 Å². The van der Waals surface area contributed by atoms with Gasteiger partial charge in [-0.1, -0.05) is 38.6 Å². The molecule has 3 heteroatoms. The van der Waals surface area contributed by atoms with Crippen LogP contribution in [-0.2, 0) is 6.42 Å². The van der Waals surface area contributed by atoms with Crippen molar-refractivity contribution in [2.24, 2.45) is 0 Å². The zero-order valence-electron chi connectivity index (χ0n) is 13.5. The fourth-order valence-electron chi connectivity index (χ4n) is 2.28. The number of hydrogen-bond donors (Lipinski definition) is 1. The molecule has 0 unspecified atom stereocenters. The molecule has 0 saturated heterocycles. The van der Waals surface area contributed by atoms with Crippen LogP contribution in [0.4, 0.5) is 0 Å². The lowest BCUT2D eigenvalue weighted by atomic mass is 9.97. The number of benzene rings is 1. The quantitative estimate of drug-likeness (QED) is 0.689. The standard InChI is InChI=1S/C19H24N2S/c1-5-6-9-20-16(4)17-8-7-14(2)18(11-17)10-15(3)19-12-22-13-21-19/h7-8,11-13,20H,3-6,9-10H2,1-2H3. The number of hydrogen-bond acceptors (Lipinski definition) is 3. The van der Waals surface area contributed by atoms with E-state index in [1.165, 1.54) is 24.0 Å². The first kappa shape index (κ1) is 16.5. The summed E-state index contributed by atoms with van der Waals surface area (Å²) in [6.45, 7) is 13.6. The highest BCUT2D eigenvalue weighted by Gasteiger charge is 2.07. The Kier molecular flexibility index (Phi) is 5.96. The van der Waals surface area contributed by atoms with Crippen LogP contribution >= 0.6 is 11.3 Å². The van der Waals surface area contributed by atoms with Crippen LogP contribution in [0.3, 0.4) is 0 Å². The molecule has 0 aliphatic carbocycles. The van der Waals surface area contributed by atoms with Gasteiger partial charge in [-0.25, -0.2) is 4.98 Å². The Labute approximate surface area is 137 Å². The van der Waals surface area contributed by atoms with Gasteiger partial charge < -0.3 is 5.32 Å². The topological polar surface area (TPSA) is 24.9 Å². The molecule has 2 rings (SSSR count). The maximum atomic E-state index is 4.34. The van der Waals surface area contributed by atoms with Crippen molar-refractivity contribution in [3.05, 3.63) is 64.6 Å². The Morgan fingerprint density at radius 3 is 2.82 bits per heavy atom. The Bertz CT molecular complexity index is 641. The molecule has 0 aliphatic heterocycles. The molecular formula is C19H24N2S. The first-order valence-electron chi connectivity index (χ1n) is 7.70. The zero-order chi connectivity index (χ0) is 15.9. The van der Waals surface area contributed by atoms with Crippen LogP contribution in [0.15, 0.2) is 42.2 Å². The highest BCUT2D eigenvalue weighted by atomic mass is 32.1. The van der Waals surface area contributed by atoms with Gasteiger partial charge in [-0.05, 0) is 48.1 Å². The van der Waals surface area contributed by atoms with Crippen LogP contribution < -0.4 is 5.32 Å². The molecule has 0 radical (unpaired) electrons. The van der Waals surface area contributed by atoms with E-state index in [0.717, 1.165) is 35.5 Å². The maximum absolute atomic E-state index is 4.34. The second-order valence-corrected chi connectivity index (χ2v) is 6.27. The van der Waals surface area contributed by atoms with Crippen LogP contribution in [0.2, 0.25) is 0 Å². The third-order valence-corrected chi connectivity index (χ3v) is 4.35. The molecule has 1 heterocycles. The van der Waals surface area contributed by atoms with E-state index in [9.17, 15) is 0 Å². The van der Waals surface area contributed by atoms with Gasteiger partial charge in [-0.15, -0.1) is 11.3 Å². The summed E-state index contributed by atoms with van der Waals surface area (Å²) in [4.78, 5) is 4.34. The number of thiazole rings is 1. The van der Waals surface area contributed by atoms with Crippen LogP contribution in [0.25, 0.3) is 11.3 Å². The van der Waals surface area contributed by atoms with Gasteiger partial charge in [0.1, 0.15) is 0 Å². The zero-order valence-corrected chi connectivity index (χ0v) is 14.3. The molecule has 0 bridgehead atoms. The van der Waals surface area contributed by atoms with E-state index in [1.807, 2.05) is 10.9 Å². The predicted octanol–water partition coefficient (Wildman–Crippen LogP) is 5.07. The molecule has 1 aromatic heterocycles. The largest absolute Gasteiger partial charge is 0.385 e. The van der Waals surface area contributed by atoms with E-state index in [2.05, 4.69) is 55.5 Å². The number of rotatable bonds is 8. The second kappa shape index (κ2) is 7.95. The van der Waals surface area contributed by atoms with Crippen molar-refractivity contribution in [2.45, 2.75) is 33.1 Å². The number of nitrogens with zero attached hydrogens (tertiary/aromatic N) is 1. The van der Waals surface area contributed by atoms with Crippen LogP contribution in [0, 0.1) is 6.92 Å². The van der Waals surface area contributed by atoms with E-state index in [1.54, 1.807) is 11.3 Å². The molecule has 1 aromatic carbocycles. The normalized spacial score (nSPS) is 10.5. The van der Waals surface area contributed by atoms with E-state index >= 15 is 0 Å². The van der Waals surface area contributed by atoms with Gasteiger partial charge in [-0.3, -0.25) is 0 Å². The molecule has 0 saturated carbocycles. The first-order valence-corrected chi connectivity index (χ1v) is 8.65. The van der Waals surface area contributed by atoms with Gasteiger partial charge in [0.25, 0.3) is 0 Å². The SMILES string of the molecule is C=C(NCCCC)c1ccc(C)c(CC(=C)c2cscn2)c1. The molecule has 116 valence electrons. The lowest BCUT2D eigenvalue weighted by Crippen LogP contribution is -2.12. The molecule has 0 spiro atoms. The Balaban J connectivity index is 2.09. The molecule has 22 heavy (non-hydrogen) atoms. The monoisotopic (exact) mass is 312 g/mol. The summed E-state index contributed by atoms with van der Waals surface area (Å²) in [6, 6.07) is 6.51. The van der Waals surface area contributed by atoms with Gasteiger partial charge in [0.2, 0.25) is 0 Å². The Morgan fingerprint density at radius 2 is 2.14 bits per heavy atom. The molecule has 2 nitrogen and oxygen atoms in total. The number of unbranched alkanes of at least 4 members (excludes halogenated alkanes) is 1. The third kappa shape index (κ3) is 4.31. The summed E-state index contributed by atoms with van der Waals surface area (Å²) in [5.74, 6) is 0. The third-order valence-electron chi connectivity index (χ3n) is 3.76. The highest BCUT2D eigenvalue weighted by Crippen LogP contribution is 2.22. The minimum Gasteiger partial charge on any atom is -0.385 e. The summed E-state index contributed by atoms with van der Waals surface area (Å²) >= 11 is 1.61. The first-order chi connectivity index (χ1) is 10.6.